The van der Waals surface area contributed by atoms with Crippen molar-refractivity contribution in [2.75, 3.05) is 29.7 Å². The van der Waals surface area contributed by atoms with Crippen molar-refractivity contribution in [3.05, 3.63) is 69.3 Å². The van der Waals surface area contributed by atoms with E-state index in [1.54, 1.807) is 23.1 Å². The van der Waals surface area contributed by atoms with Gasteiger partial charge in [-0.1, -0.05) is 47.1 Å². The van der Waals surface area contributed by atoms with Crippen molar-refractivity contribution in [1.29, 1.82) is 0 Å². The Hall–Kier alpha value is -2.81. The molecule has 0 radical (unpaired) electrons. The maximum absolute atomic E-state index is 13.1. The van der Waals surface area contributed by atoms with Crippen molar-refractivity contribution < 1.29 is 9.59 Å². The van der Waals surface area contributed by atoms with E-state index in [0.717, 1.165) is 36.2 Å². The molecule has 0 atom stereocenters. The Morgan fingerprint density at radius 1 is 1.06 bits per heavy atom. The Labute approximate surface area is 210 Å². The van der Waals surface area contributed by atoms with E-state index in [1.807, 2.05) is 25.2 Å². The second kappa shape index (κ2) is 7.86. The van der Waals surface area contributed by atoms with Gasteiger partial charge in [0.15, 0.2) is 0 Å². The Morgan fingerprint density at radius 3 is 2.56 bits per heavy atom. The highest BCUT2D eigenvalue weighted by Gasteiger charge is 2.50. The fraction of sp³-hybridized carbons (Fsp3) is 0.250. The zero-order valence-corrected chi connectivity index (χ0v) is 20.5. The monoisotopic (exact) mass is 511 g/mol. The fourth-order valence-electron chi connectivity index (χ4n) is 4.71. The number of carbonyl (C=O) groups is 2. The van der Waals surface area contributed by atoms with E-state index in [4.69, 9.17) is 23.2 Å². The zero-order chi connectivity index (χ0) is 23.6. The number of anilines is 3. The third kappa shape index (κ3) is 3.43. The predicted molar refractivity (Wildman–Crippen MR) is 134 cm³/mol. The largest absolute Gasteiger partial charge is 0.341 e. The van der Waals surface area contributed by atoms with E-state index in [-0.39, 0.29) is 17.2 Å². The standard InChI is InChI=1S/C24H19Cl2N5O2S/c1-30-11-24(7-8-24)16-6-5-13(9-14(16)21(30)32)28-23-27-10-15-20(29-23)34-12-31(22(15)33)19-17(25)3-2-4-18(19)26/h2-6,9-10H,7-8,11-12H2,1H3,(H,27,28,29). The molecule has 2 amide bonds. The number of rotatable bonds is 3. The van der Waals surface area contributed by atoms with Crippen LogP contribution in [0.4, 0.5) is 17.3 Å². The van der Waals surface area contributed by atoms with Gasteiger partial charge in [0.25, 0.3) is 11.8 Å². The van der Waals surface area contributed by atoms with Gasteiger partial charge in [-0.25, -0.2) is 9.97 Å². The molecule has 1 saturated carbocycles. The molecule has 10 heteroatoms. The van der Waals surface area contributed by atoms with Crippen LogP contribution in [0, 0.1) is 0 Å². The summed E-state index contributed by atoms with van der Waals surface area (Å²) in [5.41, 5.74) is 3.57. The van der Waals surface area contributed by atoms with Gasteiger partial charge in [0.1, 0.15) is 5.03 Å². The molecular weight excluding hydrogens is 493 g/mol. The third-order valence-corrected chi connectivity index (χ3v) is 8.17. The number of fused-ring (bicyclic) bond motifs is 3. The summed E-state index contributed by atoms with van der Waals surface area (Å²) in [4.78, 5) is 38.1. The molecule has 6 rings (SSSR count). The summed E-state index contributed by atoms with van der Waals surface area (Å²) < 4.78 is 0. The van der Waals surface area contributed by atoms with Crippen molar-refractivity contribution in [2.24, 2.45) is 0 Å². The topological polar surface area (TPSA) is 78.4 Å². The molecule has 34 heavy (non-hydrogen) atoms. The molecule has 3 aromatic rings. The molecule has 3 heterocycles. The van der Waals surface area contributed by atoms with Gasteiger partial charge in [0.05, 0.1) is 27.2 Å². The van der Waals surface area contributed by atoms with Crippen molar-refractivity contribution in [3.63, 3.8) is 0 Å². The first kappa shape index (κ1) is 21.7. The van der Waals surface area contributed by atoms with Crippen LogP contribution in [0.5, 0.6) is 0 Å². The molecule has 1 fully saturated rings. The molecule has 0 bridgehead atoms. The van der Waals surface area contributed by atoms with E-state index < -0.39 is 0 Å². The van der Waals surface area contributed by atoms with Crippen LogP contribution in [-0.2, 0) is 5.41 Å². The number of hydrogen-bond donors (Lipinski definition) is 1. The molecule has 3 aliphatic rings. The molecular formula is C24H19Cl2N5O2S. The van der Waals surface area contributed by atoms with E-state index in [1.165, 1.54) is 22.9 Å². The maximum atomic E-state index is 13.1. The minimum Gasteiger partial charge on any atom is -0.341 e. The maximum Gasteiger partial charge on any atom is 0.263 e. The summed E-state index contributed by atoms with van der Waals surface area (Å²) in [5, 5.41) is 4.58. The number of thioether (sulfide) groups is 1. The van der Waals surface area contributed by atoms with E-state index in [2.05, 4.69) is 15.3 Å². The predicted octanol–water partition coefficient (Wildman–Crippen LogP) is 5.35. The van der Waals surface area contributed by atoms with Crippen molar-refractivity contribution >= 4 is 64.1 Å². The average Bonchev–Trinajstić information content (AvgIpc) is 3.59. The number of hydrogen-bond acceptors (Lipinski definition) is 6. The lowest BCUT2D eigenvalue weighted by Gasteiger charge is -2.32. The van der Waals surface area contributed by atoms with Gasteiger partial charge in [0.2, 0.25) is 5.95 Å². The minimum atomic E-state index is -0.257. The number of likely N-dealkylation sites (N-methyl/N-ethyl adjacent to an activating group) is 1. The van der Waals surface area contributed by atoms with Gasteiger partial charge in [-0.2, -0.15) is 0 Å². The van der Waals surface area contributed by atoms with Crippen LogP contribution < -0.4 is 10.2 Å². The van der Waals surface area contributed by atoms with Gasteiger partial charge in [-0.05, 0) is 42.7 Å². The number of nitrogens with one attached hydrogen (secondary N) is 1. The second-order valence-corrected chi connectivity index (χ2v) is 10.6. The fourth-order valence-corrected chi connectivity index (χ4v) is 6.26. The molecule has 2 aromatic carbocycles. The Kier molecular flexibility index (Phi) is 5.02. The minimum absolute atomic E-state index is 0.0296. The average molecular weight is 512 g/mol. The van der Waals surface area contributed by atoms with Gasteiger partial charge in [-0.15, -0.1) is 0 Å². The molecule has 0 unspecified atom stereocenters. The highest BCUT2D eigenvalue weighted by Crippen LogP contribution is 2.52. The number of carbonyl (C=O) groups excluding carboxylic acids is 2. The summed E-state index contributed by atoms with van der Waals surface area (Å²) in [6.07, 6.45) is 3.73. The van der Waals surface area contributed by atoms with Crippen LogP contribution >= 0.6 is 35.0 Å². The normalized spacial score (nSPS) is 18.1. The SMILES string of the molecule is CN1CC2(CC2)c2ccc(Nc3ncc4c(n3)SCN(c3c(Cl)cccc3Cl)C4=O)cc2C1=O. The molecule has 0 saturated heterocycles. The first-order chi connectivity index (χ1) is 16.4. The molecule has 1 spiro atoms. The number of para-hydroxylation sites is 1. The molecule has 1 N–H and O–H groups in total. The highest BCUT2D eigenvalue weighted by atomic mass is 35.5. The first-order valence-corrected chi connectivity index (χ1v) is 12.5. The van der Waals surface area contributed by atoms with Crippen LogP contribution in [0.2, 0.25) is 10.0 Å². The van der Waals surface area contributed by atoms with Crippen LogP contribution in [0.1, 0.15) is 39.1 Å². The summed E-state index contributed by atoms with van der Waals surface area (Å²) in [7, 11) is 1.85. The lowest BCUT2D eigenvalue weighted by Crippen LogP contribution is -2.40. The zero-order valence-electron chi connectivity index (χ0n) is 18.1. The van der Waals surface area contributed by atoms with Crippen molar-refractivity contribution in [1.82, 2.24) is 14.9 Å². The number of nitrogens with zero attached hydrogens (tertiary/aromatic N) is 4. The summed E-state index contributed by atoms with van der Waals surface area (Å²) in [6.45, 7) is 0.779. The van der Waals surface area contributed by atoms with Crippen molar-refractivity contribution in [3.8, 4) is 0 Å². The van der Waals surface area contributed by atoms with Crippen LogP contribution in [0.25, 0.3) is 0 Å². The summed E-state index contributed by atoms with van der Waals surface area (Å²) in [5.74, 6) is 0.462. The van der Waals surface area contributed by atoms with Gasteiger partial charge in [0, 0.05) is 36.5 Å². The highest BCUT2D eigenvalue weighted by molar-refractivity contribution is 7.99. The van der Waals surface area contributed by atoms with Gasteiger partial charge in [-0.3, -0.25) is 14.5 Å². The molecule has 2 aliphatic heterocycles. The Morgan fingerprint density at radius 2 is 1.82 bits per heavy atom. The summed E-state index contributed by atoms with van der Waals surface area (Å²) in [6, 6.07) is 11.0. The number of amides is 2. The molecule has 1 aromatic heterocycles. The van der Waals surface area contributed by atoms with Crippen LogP contribution in [0.15, 0.2) is 47.6 Å². The van der Waals surface area contributed by atoms with E-state index >= 15 is 0 Å². The van der Waals surface area contributed by atoms with Crippen molar-refractivity contribution in [2.45, 2.75) is 23.3 Å². The lowest BCUT2D eigenvalue weighted by molar-refractivity contribution is 0.0758. The lowest BCUT2D eigenvalue weighted by atomic mass is 9.86. The Balaban J connectivity index is 1.27. The number of benzene rings is 2. The number of aromatic nitrogens is 2. The van der Waals surface area contributed by atoms with Gasteiger partial charge >= 0.3 is 0 Å². The molecule has 7 nitrogen and oxygen atoms in total. The molecule has 172 valence electrons. The Bertz CT molecular complexity index is 1360. The smallest absolute Gasteiger partial charge is 0.263 e. The second-order valence-electron chi connectivity index (χ2n) is 8.82. The quantitative estimate of drug-likeness (QED) is 0.477. The van der Waals surface area contributed by atoms with Crippen LogP contribution in [0.3, 0.4) is 0 Å². The van der Waals surface area contributed by atoms with Crippen LogP contribution in [-0.4, -0.2) is 46.2 Å². The van der Waals surface area contributed by atoms with Gasteiger partial charge < -0.3 is 10.2 Å². The summed E-state index contributed by atoms with van der Waals surface area (Å²) >= 11 is 14.0. The first-order valence-electron chi connectivity index (χ1n) is 10.8. The number of halogens is 2. The van der Waals surface area contributed by atoms with E-state index in [9.17, 15) is 9.59 Å². The third-order valence-electron chi connectivity index (χ3n) is 6.58. The van der Waals surface area contributed by atoms with E-state index in [0.29, 0.717) is 38.1 Å². The molecule has 1 aliphatic carbocycles.